The van der Waals surface area contributed by atoms with Crippen LogP contribution in [0.15, 0.2) is 48.7 Å². The van der Waals surface area contributed by atoms with E-state index >= 15 is 0 Å². The highest BCUT2D eigenvalue weighted by atomic mass is 14.9. The van der Waals surface area contributed by atoms with Crippen molar-refractivity contribution in [1.29, 1.82) is 0 Å². The Bertz CT molecular complexity index is 655. The predicted octanol–water partition coefficient (Wildman–Crippen LogP) is 2.69. The molecule has 84 valence electrons. The number of hydrogen-bond acceptors (Lipinski definition) is 2. The summed E-state index contributed by atoms with van der Waals surface area (Å²) in [4.78, 5) is 7.42. The molecular formula is C14H13N3. The number of aromatic amines is 1. The van der Waals surface area contributed by atoms with Crippen molar-refractivity contribution in [3.8, 4) is 11.3 Å². The first kappa shape index (κ1) is 10.1. The zero-order valence-electron chi connectivity index (χ0n) is 9.35. The van der Waals surface area contributed by atoms with Crippen LogP contribution in [-0.4, -0.2) is 9.97 Å². The first-order chi connectivity index (χ1) is 8.36. The van der Waals surface area contributed by atoms with Crippen LogP contribution in [0.1, 0.15) is 5.82 Å². The molecule has 0 fully saturated rings. The standard InChI is InChI=1S/C14H13N3/c15-8-14-16-9-13(17-14)12-6-5-10-3-1-2-4-11(10)7-12/h1-7,9H,8,15H2,(H,16,17). The van der Waals surface area contributed by atoms with Crippen molar-refractivity contribution in [2.45, 2.75) is 6.54 Å². The molecule has 3 heteroatoms. The summed E-state index contributed by atoms with van der Waals surface area (Å²) in [5.41, 5.74) is 7.68. The Morgan fingerprint density at radius 3 is 2.65 bits per heavy atom. The van der Waals surface area contributed by atoms with Gasteiger partial charge < -0.3 is 10.7 Å². The predicted molar refractivity (Wildman–Crippen MR) is 69.4 cm³/mol. The van der Waals surface area contributed by atoms with Gasteiger partial charge in [0.15, 0.2) is 0 Å². The third-order valence-electron chi connectivity index (χ3n) is 2.88. The fourth-order valence-electron chi connectivity index (χ4n) is 1.97. The minimum Gasteiger partial charge on any atom is -0.341 e. The number of aromatic nitrogens is 2. The largest absolute Gasteiger partial charge is 0.341 e. The minimum absolute atomic E-state index is 0.438. The number of imidazole rings is 1. The summed E-state index contributed by atoms with van der Waals surface area (Å²) in [6, 6.07) is 14.7. The van der Waals surface area contributed by atoms with E-state index in [0.717, 1.165) is 17.1 Å². The number of H-pyrrole nitrogens is 1. The first-order valence-corrected chi connectivity index (χ1v) is 5.60. The Morgan fingerprint density at radius 2 is 1.88 bits per heavy atom. The third kappa shape index (κ3) is 1.81. The normalized spacial score (nSPS) is 10.9. The molecule has 0 aliphatic rings. The number of rotatable bonds is 2. The molecule has 1 heterocycles. The zero-order chi connectivity index (χ0) is 11.7. The van der Waals surface area contributed by atoms with Gasteiger partial charge in [0.1, 0.15) is 5.82 Å². The van der Waals surface area contributed by atoms with Crippen LogP contribution in [0, 0.1) is 0 Å². The number of benzene rings is 2. The van der Waals surface area contributed by atoms with Crippen molar-refractivity contribution in [3.63, 3.8) is 0 Å². The molecule has 0 saturated carbocycles. The molecule has 17 heavy (non-hydrogen) atoms. The monoisotopic (exact) mass is 223 g/mol. The molecular weight excluding hydrogens is 210 g/mol. The van der Waals surface area contributed by atoms with Crippen LogP contribution in [0.25, 0.3) is 22.0 Å². The second-order valence-corrected chi connectivity index (χ2v) is 4.01. The Kier molecular flexibility index (Phi) is 2.38. The Balaban J connectivity index is 2.11. The van der Waals surface area contributed by atoms with Crippen LogP contribution in [0.2, 0.25) is 0 Å². The molecule has 0 unspecified atom stereocenters. The smallest absolute Gasteiger partial charge is 0.120 e. The lowest BCUT2D eigenvalue weighted by Gasteiger charge is -2.01. The highest BCUT2D eigenvalue weighted by molar-refractivity contribution is 5.86. The van der Waals surface area contributed by atoms with Gasteiger partial charge in [0.25, 0.3) is 0 Å². The molecule has 0 amide bonds. The van der Waals surface area contributed by atoms with Crippen LogP contribution < -0.4 is 5.73 Å². The molecule has 3 nitrogen and oxygen atoms in total. The van der Waals surface area contributed by atoms with Gasteiger partial charge in [-0.15, -0.1) is 0 Å². The molecule has 3 rings (SSSR count). The van der Waals surface area contributed by atoms with Crippen molar-refractivity contribution >= 4 is 10.8 Å². The highest BCUT2D eigenvalue weighted by Gasteiger charge is 2.02. The Hall–Kier alpha value is -2.13. The quantitative estimate of drug-likeness (QED) is 0.701. The second-order valence-electron chi connectivity index (χ2n) is 4.01. The van der Waals surface area contributed by atoms with Gasteiger partial charge >= 0.3 is 0 Å². The second kappa shape index (κ2) is 4.03. The Labute approximate surface area is 99.3 Å². The van der Waals surface area contributed by atoms with E-state index in [1.54, 1.807) is 0 Å². The van der Waals surface area contributed by atoms with E-state index in [1.807, 2.05) is 18.3 Å². The van der Waals surface area contributed by atoms with Crippen molar-refractivity contribution in [3.05, 3.63) is 54.5 Å². The van der Waals surface area contributed by atoms with Crippen molar-refractivity contribution in [2.75, 3.05) is 0 Å². The average molecular weight is 223 g/mol. The van der Waals surface area contributed by atoms with Gasteiger partial charge in [-0.1, -0.05) is 36.4 Å². The van der Waals surface area contributed by atoms with Crippen LogP contribution in [0.4, 0.5) is 0 Å². The Morgan fingerprint density at radius 1 is 1.06 bits per heavy atom. The molecule has 0 atom stereocenters. The van der Waals surface area contributed by atoms with Crippen LogP contribution in [0.3, 0.4) is 0 Å². The lowest BCUT2D eigenvalue weighted by molar-refractivity contribution is 0.950. The van der Waals surface area contributed by atoms with Gasteiger partial charge in [-0.2, -0.15) is 0 Å². The minimum atomic E-state index is 0.438. The summed E-state index contributed by atoms with van der Waals surface area (Å²) in [6.45, 7) is 0.438. The van der Waals surface area contributed by atoms with Gasteiger partial charge in [-0.05, 0) is 16.8 Å². The molecule has 1 aromatic heterocycles. The number of hydrogen-bond donors (Lipinski definition) is 2. The van der Waals surface area contributed by atoms with Gasteiger partial charge in [-0.25, -0.2) is 4.98 Å². The fourth-order valence-corrected chi connectivity index (χ4v) is 1.97. The van der Waals surface area contributed by atoms with Gasteiger partial charge in [-0.3, -0.25) is 0 Å². The molecule has 0 spiro atoms. The summed E-state index contributed by atoms with van der Waals surface area (Å²) in [6.07, 6.45) is 1.83. The maximum atomic E-state index is 5.54. The summed E-state index contributed by atoms with van der Waals surface area (Å²) in [7, 11) is 0. The maximum absolute atomic E-state index is 5.54. The van der Waals surface area contributed by atoms with E-state index in [9.17, 15) is 0 Å². The third-order valence-corrected chi connectivity index (χ3v) is 2.88. The van der Waals surface area contributed by atoms with Gasteiger partial charge in [0, 0.05) is 5.56 Å². The number of fused-ring (bicyclic) bond motifs is 1. The van der Waals surface area contributed by atoms with E-state index in [4.69, 9.17) is 5.73 Å². The van der Waals surface area contributed by atoms with E-state index in [1.165, 1.54) is 10.8 Å². The van der Waals surface area contributed by atoms with Crippen LogP contribution in [-0.2, 0) is 6.54 Å². The van der Waals surface area contributed by atoms with Crippen molar-refractivity contribution in [2.24, 2.45) is 5.73 Å². The van der Waals surface area contributed by atoms with Crippen molar-refractivity contribution < 1.29 is 0 Å². The average Bonchev–Trinajstić information content (AvgIpc) is 2.87. The van der Waals surface area contributed by atoms with E-state index < -0.39 is 0 Å². The summed E-state index contributed by atoms with van der Waals surface area (Å²) in [5.74, 6) is 0.813. The maximum Gasteiger partial charge on any atom is 0.120 e. The zero-order valence-corrected chi connectivity index (χ0v) is 9.35. The molecule has 2 aromatic carbocycles. The summed E-state index contributed by atoms with van der Waals surface area (Å²) in [5, 5.41) is 2.48. The number of nitrogens with two attached hydrogens (primary N) is 1. The number of nitrogens with one attached hydrogen (secondary N) is 1. The molecule has 0 aliphatic carbocycles. The lowest BCUT2D eigenvalue weighted by Crippen LogP contribution is -1.97. The van der Waals surface area contributed by atoms with Gasteiger partial charge in [0.2, 0.25) is 0 Å². The van der Waals surface area contributed by atoms with E-state index in [-0.39, 0.29) is 0 Å². The molecule has 3 aromatic rings. The summed E-state index contributed by atoms with van der Waals surface area (Å²) >= 11 is 0. The molecule has 0 saturated heterocycles. The highest BCUT2D eigenvalue weighted by Crippen LogP contribution is 2.22. The van der Waals surface area contributed by atoms with E-state index in [2.05, 4.69) is 40.3 Å². The fraction of sp³-hybridized carbons (Fsp3) is 0.0714. The molecule has 3 N–H and O–H groups in total. The van der Waals surface area contributed by atoms with Crippen LogP contribution in [0.5, 0.6) is 0 Å². The topological polar surface area (TPSA) is 54.7 Å². The van der Waals surface area contributed by atoms with Gasteiger partial charge in [0.05, 0.1) is 18.4 Å². The number of nitrogens with zero attached hydrogens (tertiary/aromatic N) is 1. The molecule has 0 bridgehead atoms. The van der Waals surface area contributed by atoms with E-state index in [0.29, 0.717) is 6.54 Å². The summed E-state index contributed by atoms with van der Waals surface area (Å²) < 4.78 is 0. The van der Waals surface area contributed by atoms with Crippen LogP contribution >= 0.6 is 0 Å². The molecule has 0 aliphatic heterocycles. The molecule has 0 radical (unpaired) electrons. The first-order valence-electron chi connectivity index (χ1n) is 5.60. The van der Waals surface area contributed by atoms with Crippen molar-refractivity contribution in [1.82, 2.24) is 9.97 Å². The SMILES string of the molecule is NCc1ncc(-c2ccc3ccccc3c2)[nH]1. The lowest BCUT2D eigenvalue weighted by atomic mass is 10.1.